The summed E-state index contributed by atoms with van der Waals surface area (Å²) < 4.78 is 26.9. The molecule has 0 bridgehead atoms. The molecule has 2 nitrogen and oxygen atoms in total. The summed E-state index contributed by atoms with van der Waals surface area (Å²) in [6.07, 6.45) is 0. The molecular formula is C16H14BrF2NOS. The summed E-state index contributed by atoms with van der Waals surface area (Å²) in [6.45, 7) is 3.67. The molecule has 22 heavy (non-hydrogen) atoms. The van der Waals surface area contributed by atoms with Crippen LogP contribution < -0.4 is 5.32 Å². The number of thioether (sulfide) groups is 1. The molecule has 0 saturated heterocycles. The third kappa shape index (κ3) is 4.30. The number of hydrogen-bond acceptors (Lipinski definition) is 2. The van der Waals surface area contributed by atoms with Crippen molar-refractivity contribution in [2.24, 2.45) is 0 Å². The van der Waals surface area contributed by atoms with Crippen LogP contribution in [0.4, 0.5) is 14.5 Å². The van der Waals surface area contributed by atoms with E-state index in [1.807, 2.05) is 25.1 Å². The Hall–Kier alpha value is -1.40. The lowest BCUT2D eigenvalue weighted by molar-refractivity contribution is -0.115. The van der Waals surface area contributed by atoms with Crippen LogP contribution >= 0.6 is 27.7 Å². The molecule has 0 aliphatic rings. The molecule has 0 spiro atoms. The number of carbonyl (C=O) groups is 1. The zero-order chi connectivity index (χ0) is 16.3. The van der Waals surface area contributed by atoms with Gasteiger partial charge in [0.1, 0.15) is 0 Å². The van der Waals surface area contributed by atoms with Gasteiger partial charge < -0.3 is 5.32 Å². The number of nitrogens with one attached hydrogen (secondary N) is 1. The molecule has 116 valence electrons. The van der Waals surface area contributed by atoms with Gasteiger partial charge in [-0.1, -0.05) is 6.07 Å². The van der Waals surface area contributed by atoms with Crippen LogP contribution in [0.2, 0.25) is 0 Å². The summed E-state index contributed by atoms with van der Waals surface area (Å²) in [4.78, 5) is 12.7. The highest BCUT2D eigenvalue weighted by Crippen LogP contribution is 2.28. The highest BCUT2D eigenvalue weighted by molar-refractivity contribution is 9.10. The molecule has 1 atom stereocenters. The molecule has 0 saturated carbocycles. The van der Waals surface area contributed by atoms with Crippen LogP contribution in [-0.2, 0) is 4.79 Å². The maximum Gasteiger partial charge on any atom is 0.237 e. The molecule has 0 aliphatic heterocycles. The summed E-state index contributed by atoms with van der Waals surface area (Å²) in [6, 6.07) is 9.21. The van der Waals surface area contributed by atoms with Crippen molar-refractivity contribution in [2.75, 3.05) is 5.32 Å². The first-order chi connectivity index (χ1) is 10.4. The number of benzene rings is 2. The van der Waals surface area contributed by atoms with E-state index in [0.29, 0.717) is 10.6 Å². The molecule has 2 rings (SSSR count). The van der Waals surface area contributed by atoms with Gasteiger partial charge in [-0.2, -0.15) is 0 Å². The van der Waals surface area contributed by atoms with Gasteiger partial charge in [-0.05, 0) is 65.7 Å². The first-order valence-electron chi connectivity index (χ1n) is 6.55. The highest BCUT2D eigenvalue weighted by Gasteiger charge is 2.16. The quantitative estimate of drug-likeness (QED) is 0.736. The Morgan fingerprint density at radius 2 is 1.91 bits per heavy atom. The predicted molar refractivity (Wildman–Crippen MR) is 89.2 cm³/mol. The molecule has 6 heteroatoms. The van der Waals surface area contributed by atoms with E-state index in [9.17, 15) is 13.6 Å². The average molecular weight is 386 g/mol. The molecule has 1 amide bonds. The Labute approximate surface area is 140 Å². The molecule has 0 radical (unpaired) electrons. The summed E-state index contributed by atoms with van der Waals surface area (Å²) in [7, 11) is 0. The van der Waals surface area contributed by atoms with Gasteiger partial charge in [0.25, 0.3) is 0 Å². The lowest BCUT2D eigenvalue weighted by atomic mass is 10.2. The SMILES string of the molecule is Cc1ccc(NC(=O)C(C)Sc2ccc(F)c(F)c2)c(Br)c1. The number of amides is 1. The summed E-state index contributed by atoms with van der Waals surface area (Å²) in [5.74, 6) is -2.02. The molecule has 1 unspecified atom stereocenters. The van der Waals surface area contributed by atoms with Gasteiger partial charge in [0.15, 0.2) is 11.6 Å². The van der Waals surface area contributed by atoms with E-state index in [2.05, 4.69) is 21.2 Å². The van der Waals surface area contributed by atoms with Gasteiger partial charge in [-0.25, -0.2) is 8.78 Å². The van der Waals surface area contributed by atoms with Crippen molar-refractivity contribution in [1.82, 2.24) is 0 Å². The summed E-state index contributed by atoms with van der Waals surface area (Å²) in [5, 5.41) is 2.36. The van der Waals surface area contributed by atoms with E-state index in [0.717, 1.165) is 22.2 Å². The summed E-state index contributed by atoms with van der Waals surface area (Å²) in [5.41, 5.74) is 1.75. The van der Waals surface area contributed by atoms with Crippen molar-refractivity contribution >= 4 is 39.3 Å². The zero-order valence-electron chi connectivity index (χ0n) is 12.0. The number of rotatable bonds is 4. The maximum absolute atomic E-state index is 13.2. The third-order valence-corrected chi connectivity index (χ3v) is 4.71. The van der Waals surface area contributed by atoms with E-state index >= 15 is 0 Å². The van der Waals surface area contributed by atoms with Crippen molar-refractivity contribution in [1.29, 1.82) is 0 Å². The second-order valence-corrected chi connectivity index (χ2v) is 7.08. The van der Waals surface area contributed by atoms with Gasteiger partial charge in [-0.3, -0.25) is 4.79 Å². The van der Waals surface area contributed by atoms with E-state index in [1.165, 1.54) is 17.8 Å². The molecule has 2 aromatic rings. The Morgan fingerprint density at radius 3 is 2.55 bits per heavy atom. The fourth-order valence-electron chi connectivity index (χ4n) is 1.76. The fraction of sp³-hybridized carbons (Fsp3) is 0.188. The number of carbonyl (C=O) groups excluding carboxylic acids is 1. The maximum atomic E-state index is 13.2. The van der Waals surface area contributed by atoms with Gasteiger partial charge >= 0.3 is 0 Å². The van der Waals surface area contributed by atoms with E-state index in [-0.39, 0.29) is 5.91 Å². The third-order valence-electron chi connectivity index (χ3n) is 2.96. The van der Waals surface area contributed by atoms with Crippen molar-refractivity contribution in [3.05, 3.63) is 58.1 Å². The molecule has 2 aromatic carbocycles. The van der Waals surface area contributed by atoms with Crippen LogP contribution in [0.1, 0.15) is 12.5 Å². The van der Waals surface area contributed by atoms with Crippen LogP contribution in [0, 0.1) is 18.6 Å². The number of aryl methyl sites for hydroxylation is 1. The monoisotopic (exact) mass is 385 g/mol. The molecular weight excluding hydrogens is 372 g/mol. The number of halogens is 3. The second-order valence-electron chi connectivity index (χ2n) is 4.81. The van der Waals surface area contributed by atoms with Crippen LogP contribution in [-0.4, -0.2) is 11.2 Å². The second kappa shape index (κ2) is 7.24. The van der Waals surface area contributed by atoms with Crippen LogP contribution in [0.3, 0.4) is 0 Å². The Balaban J connectivity index is 2.04. The van der Waals surface area contributed by atoms with Crippen LogP contribution in [0.15, 0.2) is 45.8 Å². The number of anilines is 1. The Morgan fingerprint density at radius 1 is 1.18 bits per heavy atom. The smallest absolute Gasteiger partial charge is 0.237 e. The fourth-order valence-corrected chi connectivity index (χ4v) is 3.25. The Bertz CT molecular complexity index is 709. The minimum atomic E-state index is -0.918. The lowest BCUT2D eigenvalue weighted by Gasteiger charge is -2.13. The van der Waals surface area contributed by atoms with Crippen molar-refractivity contribution in [3.63, 3.8) is 0 Å². The molecule has 0 fully saturated rings. The molecule has 0 heterocycles. The first kappa shape index (κ1) is 17.0. The van der Waals surface area contributed by atoms with E-state index in [1.54, 1.807) is 6.92 Å². The zero-order valence-corrected chi connectivity index (χ0v) is 14.4. The van der Waals surface area contributed by atoms with Crippen molar-refractivity contribution in [3.8, 4) is 0 Å². The molecule has 1 N–H and O–H groups in total. The van der Waals surface area contributed by atoms with Crippen molar-refractivity contribution < 1.29 is 13.6 Å². The minimum Gasteiger partial charge on any atom is -0.324 e. The van der Waals surface area contributed by atoms with Crippen LogP contribution in [0.25, 0.3) is 0 Å². The van der Waals surface area contributed by atoms with Crippen molar-refractivity contribution in [2.45, 2.75) is 24.0 Å². The number of hydrogen-bond donors (Lipinski definition) is 1. The minimum absolute atomic E-state index is 0.209. The Kier molecular flexibility index (Phi) is 5.58. The van der Waals surface area contributed by atoms with Gasteiger partial charge in [0, 0.05) is 9.37 Å². The van der Waals surface area contributed by atoms with Gasteiger partial charge in [-0.15, -0.1) is 11.8 Å². The van der Waals surface area contributed by atoms with Crippen LogP contribution in [0.5, 0.6) is 0 Å². The van der Waals surface area contributed by atoms with Gasteiger partial charge in [0.05, 0.1) is 10.9 Å². The predicted octanol–water partition coefficient (Wildman–Crippen LogP) is 5.16. The average Bonchev–Trinajstić information content (AvgIpc) is 2.45. The molecule has 0 aromatic heterocycles. The lowest BCUT2D eigenvalue weighted by Crippen LogP contribution is -2.22. The standard InChI is InChI=1S/C16H14BrF2NOS/c1-9-3-6-15(12(17)7-9)20-16(21)10(2)22-11-4-5-13(18)14(19)8-11/h3-8,10H,1-2H3,(H,20,21). The van der Waals surface area contributed by atoms with Gasteiger partial charge in [0.2, 0.25) is 5.91 Å². The summed E-state index contributed by atoms with van der Waals surface area (Å²) >= 11 is 4.57. The normalized spacial score (nSPS) is 12.0. The topological polar surface area (TPSA) is 29.1 Å². The van der Waals surface area contributed by atoms with E-state index in [4.69, 9.17) is 0 Å². The largest absolute Gasteiger partial charge is 0.324 e. The highest BCUT2D eigenvalue weighted by atomic mass is 79.9. The van der Waals surface area contributed by atoms with E-state index < -0.39 is 16.9 Å². The molecule has 0 aliphatic carbocycles. The first-order valence-corrected chi connectivity index (χ1v) is 8.23.